The van der Waals surface area contributed by atoms with E-state index in [2.05, 4.69) is 0 Å². The average molecular weight is 442 g/mol. The fraction of sp³-hybridized carbons (Fsp3) is 0.292. The second kappa shape index (κ2) is 8.98. The Labute approximate surface area is 183 Å². The van der Waals surface area contributed by atoms with Crippen LogP contribution in [0.4, 0.5) is 0 Å². The van der Waals surface area contributed by atoms with Gasteiger partial charge < -0.3 is 14.0 Å². The van der Waals surface area contributed by atoms with E-state index in [1.54, 1.807) is 31.4 Å². The van der Waals surface area contributed by atoms with Crippen molar-refractivity contribution >= 4 is 15.8 Å². The van der Waals surface area contributed by atoms with E-state index in [-0.39, 0.29) is 16.8 Å². The van der Waals surface area contributed by atoms with E-state index in [1.165, 1.54) is 6.26 Å². The van der Waals surface area contributed by atoms with Crippen LogP contribution in [0.5, 0.6) is 11.5 Å². The lowest BCUT2D eigenvalue weighted by Crippen LogP contribution is -2.11. The number of benzene rings is 2. The quantitative estimate of drug-likeness (QED) is 0.492. The minimum Gasteiger partial charge on any atom is -0.497 e. The van der Waals surface area contributed by atoms with E-state index in [0.717, 1.165) is 28.4 Å². The predicted octanol–water partition coefficient (Wildman–Crippen LogP) is 4.82. The summed E-state index contributed by atoms with van der Waals surface area (Å²) in [7, 11) is -1.68. The molecule has 1 heterocycles. The molecule has 3 rings (SSSR count). The minimum absolute atomic E-state index is 0.194. The first-order valence-electron chi connectivity index (χ1n) is 9.98. The van der Waals surface area contributed by atoms with Gasteiger partial charge in [-0.1, -0.05) is 26.0 Å². The van der Waals surface area contributed by atoms with Crippen molar-refractivity contribution < 1.29 is 22.7 Å². The summed E-state index contributed by atoms with van der Waals surface area (Å²) in [4.78, 5) is 12.5. The number of methoxy groups -OCH3 is 1. The zero-order valence-corrected chi connectivity index (χ0v) is 19.2. The van der Waals surface area contributed by atoms with Crippen molar-refractivity contribution in [3.8, 4) is 28.4 Å². The van der Waals surface area contributed by atoms with E-state index in [1.807, 2.05) is 55.7 Å². The summed E-state index contributed by atoms with van der Waals surface area (Å²) in [5.74, 6) is 1.11. The van der Waals surface area contributed by atoms with E-state index in [9.17, 15) is 13.2 Å². The topological polar surface area (TPSA) is 74.6 Å². The third kappa shape index (κ3) is 5.17. The van der Waals surface area contributed by atoms with Gasteiger partial charge in [-0.2, -0.15) is 0 Å². The Morgan fingerprint density at radius 3 is 2.16 bits per heavy atom. The molecule has 0 spiro atoms. The molecule has 6 nitrogen and oxygen atoms in total. The summed E-state index contributed by atoms with van der Waals surface area (Å²) >= 11 is 0. The third-order valence-corrected chi connectivity index (χ3v) is 6.04. The molecule has 0 aliphatic rings. The van der Waals surface area contributed by atoms with Gasteiger partial charge in [-0.25, -0.2) is 8.42 Å². The molecular weight excluding hydrogens is 414 g/mol. The van der Waals surface area contributed by atoms with Gasteiger partial charge in [0.05, 0.1) is 23.4 Å². The lowest BCUT2D eigenvalue weighted by Gasteiger charge is -2.13. The molecule has 0 aliphatic carbocycles. The SMILES string of the molecule is COc1ccc(-n2c(-c3ccc(S(C)(=O)=O)cc3)cc(OC(=O)CC(C)C)c2C)cc1. The molecule has 0 unspecified atom stereocenters. The van der Waals surface area contributed by atoms with Gasteiger partial charge in [-0.3, -0.25) is 4.79 Å². The molecule has 0 bridgehead atoms. The number of esters is 1. The molecule has 1 aromatic heterocycles. The van der Waals surface area contributed by atoms with Crippen LogP contribution in [0.2, 0.25) is 0 Å². The number of hydrogen-bond acceptors (Lipinski definition) is 5. The Morgan fingerprint density at radius 2 is 1.65 bits per heavy atom. The van der Waals surface area contributed by atoms with Crippen molar-refractivity contribution in [2.75, 3.05) is 13.4 Å². The van der Waals surface area contributed by atoms with Gasteiger partial charge in [0.2, 0.25) is 0 Å². The highest BCUT2D eigenvalue weighted by atomic mass is 32.2. The van der Waals surface area contributed by atoms with Gasteiger partial charge in [0, 0.05) is 24.4 Å². The molecule has 31 heavy (non-hydrogen) atoms. The van der Waals surface area contributed by atoms with Gasteiger partial charge in [-0.15, -0.1) is 0 Å². The van der Waals surface area contributed by atoms with Crippen molar-refractivity contribution in [3.05, 3.63) is 60.3 Å². The maximum Gasteiger partial charge on any atom is 0.311 e. The zero-order chi connectivity index (χ0) is 22.8. The first kappa shape index (κ1) is 22.6. The number of aromatic nitrogens is 1. The van der Waals surface area contributed by atoms with Gasteiger partial charge >= 0.3 is 5.97 Å². The molecule has 0 atom stereocenters. The van der Waals surface area contributed by atoms with Gasteiger partial charge in [-0.05, 0) is 54.8 Å². The first-order valence-corrected chi connectivity index (χ1v) is 11.9. The number of rotatable bonds is 7. The third-order valence-electron chi connectivity index (χ3n) is 4.91. The van der Waals surface area contributed by atoms with E-state index in [4.69, 9.17) is 9.47 Å². The molecule has 0 N–H and O–H groups in total. The van der Waals surface area contributed by atoms with Crippen LogP contribution >= 0.6 is 0 Å². The number of hydrogen-bond donors (Lipinski definition) is 0. The lowest BCUT2D eigenvalue weighted by atomic mass is 10.1. The molecule has 2 aromatic carbocycles. The summed E-state index contributed by atoms with van der Waals surface area (Å²) in [5.41, 5.74) is 3.23. The maximum absolute atomic E-state index is 12.3. The molecule has 0 amide bonds. The molecule has 7 heteroatoms. The van der Waals surface area contributed by atoms with Crippen LogP contribution in [-0.2, 0) is 14.6 Å². The summed E-state index contributed by atoms with van der Waals surface area (Å²) in [5, 5.41) is 0. The van der Waals surface area contributed by atoms with Crippen LogP contribution in [0.15, 0.2) is 59.5 Å². The highest BCUT2D eigenvalue weighted by Crippen LogP contribution is 2.35. The molecular formula is C24H27NO5S. The van der Waals surface area contributed by atoms with Crippen molar-refractivity contribution in [3.63, 3.8) is 0 Å². The van der Waals surface area contributed by atoms with E-state index >= 15 is 0 Å². The summed E-state index contributed by atoms with van der Waals surface area (Å²) in [6.45, 7) is 5.81. The lowest BCUT2D eigenvalue weighted by molar-refractivity contribution is -0.135. The number of nitrogens with zero attached hydrogens (tertiary/aromatic N) is 1. The second-order valence-corrected chi connectivity index (χ2v) is 9.90. The smallest absolute Gasteiger partial charge is 0.311 e. The van der Waals surface area contributed by atoms with E-state index < -0.39 is 9.84 Å². The largest absolute Gasteiger partial charge is 0.497 e. The molecule has 0 radical (unpaired) electrons. The van der Waals surface area contributed by atoms with Crippen LogP contribution in [0.25, 0.3) is 16.9 Å². The van der Waals surface area contributed by atoms with Crippen LogP contribution in [0.3, 0.4) is 0 Å². The van der Waals surface area contributed by atoms with Gasteiger partial charge in [0.15, 0.2) is 15.6 Å². The Kier molecular flexibility index (Phi) is 6.55. The Bertz CT molecular complexity index is 1170. The Morgan fingerprint density at radius 1 is 1.03 bits per heavy atom. The highest BCUT2D eigenvalue weighted by molar-refractivity contribution is 7.90. The van der Waals surface area contributed by atoms with Gasteiger partial charge in [0.25, 0.3) is 0 Å². The Balaban J connectivity index is 2.11. The first-order chi connectivity index (χ1) is 14.6. The van der Waals surface area contributed by atoms with Crippen molar-refractivity contribution in [1.82, 2.24) is 4.57 Å². The summed E-state index contributed by atoms with van der Waals surface area (Å²) in [6, 6.07) is 16.0. The molecule has 0 aliphatic heterocycles. The number of ether oxygens (including phenoxy) is 2. The van der Waals surface area contributed by atoms with Crippen LogP contribution in [0.1, 0.15) is 26.0 Å². The summed E-state index contributed by atoms with van der Waals surface area (Å²) < 4.78 is 36.5. The fourth-order valence-corrected chi connectivity index (χ4v) is 3.96. The normalized spacial score (nSPS) is 11.5. The standard InChI is InChI=1S/C24H27NO5S/c1-16(2)14-24(26)30-23-15-22(18-6-12-21(13-7-18)31(5,27)28)25(17(23)3)19-8-10-20(29-4)11-9-19/h6-13,15-16H,14H2,1-5H3. The maximum atomic E-state index is 12.3. The predicted molar refractivity (Wildman–Crippen MR) is 121 cm³/mol. The number of carbonyl (C=O) groups excluding carboxylic acids is 1. The molecule has 3 aromatic rings. The van der Waals surface area contributed by atoms with E-state index in [0.29, 0.717) is 12.2 Å². The summed E-state index contributed by atoms with van der Waals surface area (Å²) in [6.07, 6.45) is 1.50. The van der Waals surface area contributed by atoms with Crippen molar-refractivity contribution in [2.24, 2.45) is 5.92 Å². The molecule has 164 valence electrons. The Hall–Kier alpha value is -3.06. The van der Waals surface area contributed by atoms with Crippen LogP contribution in [0, 0.1) is 12.8 Å². The molecule has 0 saturated heterocycles. The zero-order valence-electron chi connectivity index (χ0n) is 18.4. The average Bonchev–Trinajstić information content (AvgIpc) is 3.03. The number of sulfone groups is 1. The van der Waals surface area contributed by atoms with Crippen molar-refractivity contribution in [1.29, 1.82) is 0 Å². The van der Waals surface area contributed by atoms with Gasteiger partial charge in [0.1, 0.15) is 5.75 Å². The van der Waals surface area contributed by atoms with Crippen LogP contribution < -0.4 is 9.47 Å². The van der Waals surface area contributed by atoms with Crippen molar-refractivity contribution in [2.45, 2.75) is 32.1 Å². The highest BCUT2D eigenvalue weighted by Gasteiger charge is 2.19. The number of carbonyl (C=O) groups is 1. The fourth-order valence-electron chi connectivity index (χ4n) is 3.33. The van der Waals surface area contributed by atoms with Crippen LogP contribution in [-0.4, -0.2) is 32.3 Å². The molecule has 0 fully saturated rings. The minimum atomic E-state index is -3.29. The second-order valence-electron chi connectivity index (χ2n) is 7.88. The molecule has 0 saturated carbocycles. The monoisotopic (exact) mass is 441 g/mol.